The van der Waals surface area contributed by atoms with E-state index in [1.807, 2.05) is 42.1 Å². The van der Waals surface area contributed by atoms with Crippen LogP contribution in [0.15, 0.2) is 42.5 Å². The molecule has 4 rings (SSSR count). The van der Waals surface area contributed by atoms with Gasteiger partial charge in [0.05, 0.1) is 0 Å². The molecule has 164 valence electrons. The summed E-state index contributed by atoms with van der Waals surface area (Å²) in [5, 5.41) is 3.03. The lowest BCUT2D eigenvalue weighted by Gasteiger charge is -2.27. The van der Waals surface area contributed by atoms with Gasteiger partial charge in [-0.2, -0.15) is 0 Å². The van der Waals surface area contributed by atoms with Crippen molar-refractivity contribution in [2.45, 2.75) is 38.6 Å². The summed E-state index contributed by atoms with van der Waals surface area (Å²) in [7, 11) is 3.93. The van der Waals surface area contributed by atoms with Crippen molar-refractivity contribution in [3.8, 4) is 0 Å². The normalized spacial score (nSPS) is 15.8. The molecule has 0 unspecified atom stereocenters. The second-order valence-electron chi connectivity index (χ2n) is 8.99. The molecule has 2 fully saturated rings. The van der Waals surface area contributed by atoms with Gasteiger partial charge in [0.1, 0.15) is 5.82 Å². The number of nitrogens with one attached hydrogen (secondary N) is 1. The lowest BCUT2D eigenvalue weighted by atomic mass is 9.85. The highest BCUT2D eigenvalue weighted by Crippen LogP contribution is 2.33. The summed E-state index contributed by atoms with van der Waals surface area (Å²) < 4.78 is 13.7. The molecule has 31 heavy (non-hydrogen) atoms. The fourth-order valence-electron chi connectivity index (χ4n) is 3.98. The quantitative estimate of drug-likeness (QED) is 0.671. The van der Waals surface area contributed by atoms with Crippen molar-refractivity contribution in [2.75, 3.05) is 30.9 Å². The van der Waals surface area contributed by atoms with E-state index in [0.717, 1.165) is 49.0 Å². The Hall–Kier alpha value is -2.89. The standard InChI is InChI=1S/C25H30FN3O2/c1-28(2)23-12-11-22(27-24(30)18-5-3-6-18)14-20(23)16-29(15-17-9-10-17)25(31)19-7-4-8-21(26)13-19/h4,7-8,11-14,17-18H,3,5-6,9-10,15-16H2,1-2H3,(H,27,30). The average Bonchev–Trinajstić information content (AvgIpc) is 3.49. The summed E-state index contributed by atoms with van der Waals surface area (Å²) in [6.07, 6.45) is 5.24. The zero-order valence-electron chi connectivity index (χ0n) is 18.2. The van der Waals surface area contributed by atoms with Crippen LogP contribution in [0.1, 0.15) is 48.0 Å². The van der Waals surface area contributed by atoms with Crippen LogP contribution >= 0.6 is 0 Å². The Morgan fingerprint density at radius 2 is 1.84 bits per heavy atom. The van der Waals surface area contributed by atoms with Gasteiger partial charge in [-0.05, 0) is 73.6 Å². The Morgan fingerprint density at radius 1 is 1.06 bits per heavy atom. The zero-order chi connectivity index (χ0) is 22.0. The molecule has 0 bridgehead atoms. The van der Waals surface area contributed by atoms with Crippen LogP contribution in [0.25, 0.3) is 0 Å². The highest BCUT2D eigenvalue weighted by molar-refractivity contribution is 5.95. The molecule has 5 nitrogen and oxygen atoms in total. The summed E-state index contributed by atoms with van der Waals surface area (Å²) in [4.78, 5) is 29.4. The predicted octanol–water partition coefficient (Wildman–Crippen LogP) is 4.68. The number of rotatable bonds is 8. The van der Waals surface area contributed by atoms with Crippen LogP contribution in [0, 0.1) is 17.7 Å². The first kappa shape index (κ1) is 21.3. The summed E-state index contributed by atoms with van der Waals surface area (Å²) in [6.45, 7) is 1.06. The SMILES string of the molecule is CN(C)c1ccc(NC(=O)C2CCC2)cc1CN(CC1CC1)C(=O)c1cccc(F)c1. The summed E-state index contributed by atoms with van der Waals surface area (Å²) in [5.41, 5.74) is 3.07. The molecule has 2 amide bonds. The van der Waals surface area contributed by atoms with E-state index in [1.165, 1.54) is 12.1 Å². The summed E-state index contributed by atoms with van der Waals surface area (Å²) >= 11 is 0. The van der Waals surface area contributed by atoms with Crippen LogP contribution in [-0.4, -0.2) is 37.4 Å². The van der Waals surface area contributed by atoms with Crippen molar-refractivity contribution in [3.63, 3.8) is 0 Å². The van der Waals surface area contributed by atoms with Gasteiger partial charge in [0.25, 0.3) is 5.91 Å². The van der Waals surface area contributed by atoms with Crippen molar-refractivity contribution in [2.24, 2.45) is 11.8 Å². The first-order valence-electron chi connectivity index (χ1n) is 11.1. The van der Waals surface area contributed by atoms with Gasteiger partial charge in [-0.15, -0.1) is 0 Å². The molecule has 6 heteroatoms. The highest BCUT2D eigenvalue weighted by Gasteiger charge is 2.29. The number of hydrogen-bond acceptors (Lipinski definition) is 3. The molecular weight excluding hydrogens is 393 g/mol. The lowest BCUT2D eigenvalue weighted by Crippen LogP contribution is -2.33. The van der Waals surface area contributed by atoms with Crippen molar-refractivity contribution in [3.05, 3.63) is 59.4 Å². The molecule has 0 saturated heterocycles. The molecule has 2 saturated carbocycles. The Morgan fingerprint density at radius 3 is 2.45 bits per heavy atom. The molecule has 0 spiro atoms. The van der Waals surface area contributed by atoms with E-state index in [2.05, 4.69) is 5.32 Å². The van der Waals surface area contributed by atoms with Crippen molar-refractivity contribution in [1.82, 2.24) is 4.90 Å². The molecule has 0 radical (unpaired) electrons. The van der Waals surface area contributed by atoms with Gasteiger partial charge in [0.2, 0.25) is 5.91 Å². The van der Waals surface area contributed by atoms with E-state index in [9.17, 15) is 14.0 Å². The number of hydrogen-bond donors (Lipinski definition) is 1. The third-order valence-electron chi connectivity index (χ3n) is 6.20. The number of carbonyl (C=O) groups excluding carboxylic acids is 2. The van der Waals surface area contributed by atoms with Gasteiger partial charge in [-0.3, -0.25) is 9.59 Å². The molecule has 1 N–H and O–H groups in total. The Bertz CT molecular complexity index is 967. The maximum atomic E-state index is 13.7. The number of nitrogens with zero attached hydrogens (tertiary/aromatic N) is 2. The van der Waals surface area contributed by atoms with Crippen LogP contribution < -0.4 is 10.2 Å². The summed E-state index contributed by atoms with van der Waals surface area (Å²) in [6, 6.07) is 11.7. The van der Waals surface area contributed by atoms with E-state index in [4.69, 9.17) is 0 Å². The van der Waals surface area contributed by atoms with Crippen LogP contribution in [0.3, 0.4) is 0 Å². The highest BCUT2D eigenvalue weighted by atomic mass is 19.1. The average molecular weight is 424 g/mol. The molecule has 2 aliphatic rings. The van der Waals surface area contributed by atoms with Gasteiger partial charge in [-0.1, -0.05) is 12.5 Å². The van der Waals surface area contributed by atoms with Gasteiger partial charge in [0.15, 0.2) is 0 Å². The molecule has 2 aromatic carbocycles. The number of amides is 2. The molecular formula is C25H30FN3O2. The van der Waals surface area contributed by atoms with Crippen LogP contribution in [0.5, 0.6) is 0 Å². The largest absolute Gasteiger partial charge is 0.377 e. The van der Waals surface area contributed by atoms with Crippen LogP contribution in [0.2, 0.25) is 0 Å². The number of benzene rings is 2. The van der Waals surface area contributed by atoms with E-state index < -0.39 is 5.82 Å². The predicted molar refractivity (Wildman–Crippen MR) is 121 cm³/mol. The maximum absolute atomic E-state index is 13.7. The Balaban J connectivity index is 1.58. The monoisotopic (exact) mass is 423 g/mol. The third kappa shape index (κ3) is 5.24. The second kappa shape index (κ2) is 9.08. The first-order chi connectivity index (χ1) is 14.9. The van der Waals surface area contributed by atoms with E-state index in [1.54, 1.807) is 12.1 Å². The Kier molecular flexibility index (Phi) is 6.25. The molecule has 2 aliphatic carbocycles. The third-order valence-corrected chi connectivity index (χ3v) is 6.20. The van der Waals surface area contributed by atoms with Crippen LogP contribution in [0.4, 0.5) is 15.8 Å². The molecule has 0 aromatic heterocycles. The van der Waals surface area contributed by atoms with Gasteiger partial charge in [0, 0.05) is 50.0 Å². The maximum Gasteiger partial charge on any atom is 0.254 e. The number of carbonyl (C=O) groups is 2. The van der Waals surface area contributed by atoms with Crippen molar-refractivity contribution >= 4 is 23.2 Å². The van der Waals surface area contributed by atoms with Crippen molar-refractivity contribution in [1.29, 1.82) is 0 Å². The first-order valence-corrected chi connectivity index (χ1v) is 11.1. The van der Waals surface area contributed by atoms with E-state index in [0.29, 0.717) is 24.6 Å². The summed E-state index contributed by atoms with van der Waals surface area (Å²) in [5.74, 6) is 0.104. The Labute approximate surface area is 183 Å². The minimum atomic E-state index is -0.410. The molecule has 0 heterocycles. The molecule has 2 aromatic rings. The number of anilines is 2. The van der Waals surface area contributed by atoms with Gasteiger partial charge in [-0.25, -0.2) is 4.39 Å². The van der Waals surface area contributed by atoms with Gasteiger partial charge < -0.3 is 15.1 Å². The molecule has 0 aliphatic heterocycles. The smallest absolute Gasteiger partial charge is 0.254 e. The lowest BCUT2D eigenvalue weighted by molar-refractivity contribution is -0.122. The fourth-order valence-corrected chi connectivity index (χ4v) is 3.98. The van der Waals surface area contributed by atoms with E-state index >= 15 is 0 Å². The minimum Gasteiger partial charge on any atom is -0.377 e. The zero-order valence-corrected chi connectivity index (χ0v) is 18.2. The number of halogens is 1. The topological polar surface area (TPSA) is 52.7 Å². The van der Waals surface area contributed by atoms with Crippen LogP contribution in [-0.2, 0) is 11.3 Å². The van der Waals surface area contributed by atoms with E-state index in [-0.39, 0.29) is 17.7 Å². The molecule has 0 atom stereocenters. The fraction of sp³-hybridized carbons (Fsp3) is 0.440. The van der Waals surface area contributed by atoms with Gasteiger partial charge >= 0.3 is 0 Å². The van der Waals surface area contributed by atoms with Crippen molar-refractivity contribution < 1.29 is 14.0 Å². The minimum absolute atomic E-state index is 0.0699. The second-order valence-corrected chi connectivity index (χ2v) is 8.99.